The van der Waals surface area contributed by atoms with Crippen LogP contribution in [-0.2, 0) is 9.53 Å². The third-order valence-corrected chi connectivity index (χ3v) is 3.48. The van der Waals surface area contributed by atoms with E-state index in [4.69, 9.17) is 10.5 Å². The zero-order chi connectivity index (χ0) is 14.5. The number of unbranched alkanes of at least 4 members (excludes halogenated alkanes) is 1. The standard InChI is InChI=1S/C15H32N2O2/c1-4-6-8-14(5-2)13-19-12-9-15(18)17(3)11-7-10-16/h14H,4-13,16H2,1-3H3. The number of nitrogens with two attached hydrogens (primary N) is 1. The number of nitrogens with zero attached hydrogens (tertiary/aromatic N) is 1. The smallest absolute Gasteiger partial charge is 0.224 e. The number of ether oxygens (including phenoxy) is 1. The van der Waals surface area contributed by atoms with Crippen molar-refractivity contribution in [1.29, 1.82) is 0 Å². The molecule has 0 heterocycles. The Morgan fingerprint density at radius 1 is 1.32 bits per heavy atom. The highest BCUT2D eigenvalue weighted by atomic mass is 16.5. The average Bonchev–Trinajstić information content (AvgIpc) is 2.43. The molecule has 0 fully saturated rings. The molecule has 0 rings (SSSR count). The molecule has 1 unspecified atom stereocenters. The number of carbonyl (C=O) groups excluding carboxylic acids is 1. The van der Waals surface area contributed by atoms with Crippen LogP contribution in [0.4, 0.5) is 0 Å². The van der Waals surface area contributed by atoms with Gasteiger partial charge in [-0.3, -0.25) is 4.79 Å². The van der Waals surface area contributed by atoms with E-state index in [1.165, 1.54) is 19.3 Å². The van der Waals surface area contributed by atoms with E-state index in [2.05, 4.69) is 13.8 Å². The summed E-state index contributed by atoms with van der Waals surface area (Å²) < 4.78 is 5.64. The number of carbonyl (C=O) groups is 1. The molecule has 114 valence electrons. The second-order valence-corrected chi connectivity index (χ2v) is 5.20. The van der Waals surface area contributed by atoms with Crippen LogP contribution in [0.1, 0.15) is 52.4 Å². The number of amides is 1. The molecule has 0 bridgehead atoms. The maximum atomic E-state index is 11.7. The second kappa shape index (κ2) is 12.4. The summed E-state index contributed by atoms with van der Waals surface area (Å²) in [4.78, 5) is 13.5. The van der Waals surface area contributed by atoms with E-state index in [9.17, 15) is 4.79 Å². The first-order valence-electron chi connectivity index (χ1n) is 7.67. The molecule has 0 aromatic rings. The summed E-state index contributed by atoms with van der Waals surface area (Å²) in [6.45, 7) is 7.11. The molecule has 0 aromatic heterocycles. The Kier molecular flexibility index (Phi) is 12.0. The van der Waals surface area contributed by atoms with E-state index < -0.39 is 0 Å². The van der Waals surface area contributed by atoms with Gasteiger partial charge in [0.25, 0.3) is 0 Å². The zero-order valence-corrected chi connectivity index (χ0v) is 13.0. The van der Waals surface area contributed by atoms with Crippen LogP contribution in [0.2, 0.25) is 0 Å². The van der Waals surface area contributed by atoms with Gasteiger partial charge in [-0.05, 0) is 25.3 Å². The maximum absolute atomic E-state index is 11.7. The molecule has 0 spiro atoms. The predicted octanol–water partition coefficient (Wildman–Crippen LogP) is 2.42. The molecular weight excluding hydrogens is 240 g/mol. The molecule has 0 aliphatic heterocycles. The van der Waals surface area contributed by atoms with E-state index in [1.807, 2.05) is 7.05 Å². The summed E-state index contributed by atoms with van der Waals surface area (Å²) in [5.41, 5.74) is 5.42. The van der Waals surface area contributed by atoms with Crippen LogP contribution < -0.4 is 5.73 Å². The van der Waals surface area contributed by atoms with Crippen LogP contribution >= 0.6 is 0 Å². The van der Waals surface area contributed by atoms with Gasteiger partial charge in [0.2, 0.25) is 5.91 Å². The molecule has 1 atom stereocenters. The molecule has 0 saturated heterocycles. The van der Waals surface area contributed by atoms with E-state index >= 15 is 0 Å². The lowest BCUT2D eigenvalue weighted by molar-refractivity contribution is -0.131. The first-order chi connectivity index (χ1) is 9.15. The summed E-state index contributed by atoms with van der Waals surface area (Å²) in [6, 6.07) is 0. The lowest BCUT2D eigenvalue weighted by Crippen LogP contribution is -2.29. The molecule has 0 saturated carbocycles. The number of hydrogen-bond donors (Lipinski definition) is 1. The molecular formula is C15H32N2O2. The van der Waals surface area contributed by atoms with Gasteiger partial charge in [-0.1, -0.05) is 33.1 Å². The highest BCUT2D eigenvalue weighted by Crippen LogP contribution is 2.12. The SMILES string of the molecule is CCCCC(CC)COCCC(=O)N(C)CCCN. The van der Waals surface area contributed by atoms with E-state index in [1.54, 1.807) is 4.90 Å². The van der Waals surface area contributed by atoms with Crippen molar-refractivity contribution in [3.63, 3.8) is 0 Å². The largest absolute Gasteiger partial charge is 0.381 e. The van der Waals surface area contributed by atoms with Crippen molar-refractivity contribution in [3.05, 3.63) is 0 Å². The molecule has 0 aromatic carbocycles. The van der Waals surface area contributed by atoms with Gasteiger partial charge in [-0.15, -0.1) is 0 Å². The van der Waals surface area contributed by atoms with Crippen LogP contribution in [0.25, 0.3) is 0 Å². The summed E-state index contributed by atoms with van der Waals surface area (Å²) in [7, 11) is 1.83. The first kappa shape index (κ1) is 18.4. The fourth-order valence-corrected chi connectivity index (χ4v) is 1.95. The predicted molar refractivity (Wildman–Crippen MR) is 80.1 cm³/mol. The molecule has 19 heavy (non-hydrogen) atoms. The molecule has 4 heteroatoms. The fourth-order valence-electron chi connectivity index (χ4n) is 1.95. The third-order valence-electron chi connectivity index (χ3n) is 3.48. The molecule has 1 amide bonds. The molecule has 2 N–H and O–H groups in total. The summed E-state index contributed by atoms with van der Waals surface area (Å²) in [5, 5.41) is 0. The summed E-state index contributed by atoms with van der Waals surface area (Å²) in [5.74, 6) is 0.792. The zero-order valence-electron chi connectivity index (χ0n) is 13.0. The van der Waals surface area contributed by atoms with Crippen molar-refractivity contribution in [1.82, 2.24) is 4.90 Å². The van der Waals surface area contributed by atoms with Crippen molar-refractivity contribution in [2.45, 2.75) is 52.4 Å². The minimum absolute atomic E-state index is 0.148. The lowest BCUT2D eigenvalue weighted by Gasteiger charge is -2.18. The highest BCUT2D eigenvalue weighted by molar-refractivity contribution is 5.75. The first-order valence-corrected chi connectivity index (χ1v) is 7.67. The topological polar surface area (TPSA) is 55.6 Å². The maximum Gasteiger partial charge on any atom is 0.224 e. The summed E-state index contributed by atoms with van der Waals surface area (Å²) >= 11 is 0. The number of rotatable bonds is 12. The fraction of sp³-hybridized carbons (Fsp3) is 0.933. The van der Waals surface area contributed by atoms with Crippen LogP contribution in [0.15, 0.2) is 0 Å². The molecule has 0 radical (unpaired) electrons. The Hall–Kier alpha value is -0.610. The van der Waals surface area contributed by atoms with Gasteiger partial charge in [-0.2, -0.15) is 0 Å². The Bertz CT molecular complexity index is 222. The van der Waals surface area contributed by atoms with Crippen LogP contribution in [-0.4, -0.2) is 44.2 Å². The van der Waals surface area contributed by atoms with E-state index in [0.717, 1.165) is 26.0 Å². The minimum Gasteiger partial charge on any atom is -0.381 e. The van der Waals surface area contributed by atoms with Crippen molar-refractivity contribution in [2.75, 3.05) is 33.4 Å². The van der Waals surface area contributed by atoms with Gasteiger partial charge in [0.1, 0.15) is 0 Å². The van der Waals surface area contributed by atoms with Gasteiger partial charge in [0.15, 0.2) is 0 Å². The Balaban J connectivity index is 3.63. The Morgan fingerprint density at radius 2 is 2.05 bits per heavy atom. The van der Waals surface area contributed by atoms with Crippen molar-refractivity contribution >= 4 is 5.91 Å². The van der Waals surface area contributed by atoms with Crippen LogP contribution in [0, 0.1) is 5.92 Å². The second-order valence-electron chi connectivity index (χ2n) is 5.20. The third kappa shape index (κ3) is 9.91. The van der Waals surface area contributed by atoms with Gasteiger partial charge < -0.3 is 15.4 Å². The van der Waals surface area contributed by atoms with E-state index in [-0.39, 0.29) is 5.91 Å². The van der Waals surface area contributed by atoms with Crippen molar-refractivity contribution < 1.29 is 9.53 Å². The molecule has 0 aliphatic rings. The van der Waals surface area contributed by atoms with E-state index in [0.29, 0.717) is 25.5 Å². The Labute approximate surface area is 118 Å². The highest BCUT2D eigenvalue weighted by Gasteiger charge is 2.09. The van der Waals surface area contributed by atoms with Gasteiger partial charge in [-0.25, -0.2) is 0 Å². The lowest BCUT2D eigenvalue weighted by atomic mass is 10.0. The van der Waals surface area contributed by atoms with Gasteiger partial charge >= 0.3 is 0 Å². The van der Waals surface area contributed by atoms with Gasteiger partial charge in [0.05, 0.1) is 13.0 Å². The van der Waals surface area contributed by atoms with Crippen molar-refractivity contribution in [2.24, 2.45) is 11.7 Å². The Morgan fingerprint density at radius 3 is 2.63 bits per heavy atom. The summed E-state index contributed by atoms with van der Waals surface area (Å²) in [6.07, 6.45) is 6.23. The van der Waals surface area contributed by atoms with Crippen LogP contribution in [0.3, 0.4) is 0 Å². The minimum atomic E-state index is 0.148. The van der Waals surface area contributed by atoms with Crippen molar-refractivity contribution in [3.8, 4) is 0 Å². The van der Waals surface area contributed by atoms with Crippen LogP contribution in [0.5, 0.6) is 0 Å². The quantitative estimate of drug-likeness (QED) is 0.555. The average molecular weight is 272 g/mol. The molecule has 0 aliphatic carbocycles. The normalized spacial score (nSPS) is 12.4. The van der Waals surface area contributed by atoms with Gasteiger partial charge in [0, 0.05) is 20.2 Å². The molecule has 4 nitrogen and oxygen atoms in total. The monoisotopic (exact) mass is 272 g/mol. The number of hydrogen-bond acceptors (Lipinski definition) is 3.